The Balaban J connectivity index is 1.54. The number of carbonyl (C=O) groups is 3. The second-order valence-electron chi connectivity index (χ2n) is 7.82. The molecule has 7 heteroatoms. The smallest absolute Gasteiger partial charge is 0.269 e. The van der Waals surface area contributed by atoms with Crippen LogP contribution in [0.15, 0.2) is 78.9 Å². The van der Waals surface area contributed by atoms with Gasteiger partial charge in [-0.1, -0.05) is 48.5 Å². The number of thioether (sulfide) groups is 1. The van der Waals surface area contributed by atoms with Gasteiger partial charge in [-0.05, 0) is 42.8 Å². The summed E-state index contributed by atoms with van der Waals surface area (Å²) in [6, 6.07) is 24.1. The van der Waals surface area contributed by atoms with E-state index in [2.05, 4.69) is 5.32 Å². The van der Waals surface area contributed by atoms with Gasteiger partial charge in [0.25, 0.3) is 5.91 Å². The summed E-state index contributed by atoms with van der Waals surface area (Å²) in [5, 5.41) is 2.84. The van der Waals surface area contributed by atoms with Gasteiger partial charge in [-0.15, -0.1) is 11.8 Å². The number of rotatable bonds is 4. The van der Waals surface area contributed by atoms with E-state index in [1.54, 1.807) is 17.0 Å². The van der Waals surface area contributed by atoms with E-state index in [0.29, 0.717) is 17.1 Å². The van der Waals surface area contributed by atoms with Crippen LogP contribution in [-0.2, 0) is 19.3 Å². The Morgan fingerprint density at radius 2 is 1.75 bits per heavy atom. The Kier molecular flexibility index (Phi) is 4.98. The SMILES string of the molecule is Cc1cccc(N2C(=O)CSC23C(=O)N(CC(=O)Nc2ccccc2)c2ccccc23)c1. The number of amides is 3. The van der Waals surface area contributed by atoms with Crippen molar-refractivity contribution in [2.24, 2.45) is 0 Å². The van der Waals surface area contributed by atoms with Crippen LogP contribution in [0.1, 0.15) is 11.1 Å². The number of benzene rings is 3. The molecule has 1 fully saturated rings. The lowest BCUT2D eigenvalue weighted by atomic mass is 10.0. The first-order valence-electron chi connectivity index (χ1n) is 10.3. The minimum Gasteiger partial charge on any atom is -0.325 e. The predicted molar refractivity (Wildman–Crippen MR) is 127 cm³/mol. The molecular weight excluding hydrogens is 422 g/mol. The topological polar surface area (TPSA) is 69.7 Å². The summed E-state index contributed by atoms with van der Waals surface area (Å²) >= 11 is 1.31. The summed E-state index contributed by atoms with van der Waals surface area (Å²) in [6.45, 7) is 1.82. The fourth-order valence-corrected chi connectivity index (χ4v) is 5.70. The maximum absolute atomic E-state index is 13.9. The van der Waals surface area contributed by atoms with Crippen LogP contribution in [0.4, 0.5) is 17.1 Å². The van der Waals surface area contributed by atoms with Crippen LogP contribution >= 0.6 is 11.8 Å². The molecule has 1 spiro atoms. The lowest BCUT2D eigenvalue weighted by molar-refractivity contribution is -0.124. The van der Waals surface area contributed by atoms with E-state index >= 15 is 0 Å². The third-order valence-electron chi connectivity index (χ3n) is 5.68. The highest BCUT2D eigenvalue weighted by molar-refractivity contribution is 8.02. The first-order chi connectivity index (χ1) is 15.5. The number of para-hydroxylation sites is 2. The summed E-state index contributed by atoms with van der Waals surface area (Å²) in [7, 11) is 0. The molecule has 2 aliphatic heterocycles. The Morgan fingerprint density at radius 1 is 1.00 bits per heavy atom. The number of carbonyl (C=O) groups excluding carboxylic acids is 3. The molecule has 3 amide bonds. The number of anilines is 3. The molecule has 0 radical (unpaired) electrons. The van der Waals surface area contributed by atoms with E-state index < -0.39 is 4.87 Å². The van der Waals surface area contributed by atoms with Crippen molar-refractivity contribution < 1.29 is 14.4 Å². The molecule has 1 saturated heterocycles. The van der Waals surface area contributed by atoms with E-state index in [-0.39, 0.29) is 30.0 Å². The monoisotopic (exact) mass is 443 g/mol. The van der Waals surface area contributed by atoms with Crippen molar-refractivity contribution in [2.45, 2.75) is 11.8 Å². The minimum absolute atomic E-state index is 0.126. The molecule has 2 heterocycles. The van der Waals surface area contributed by atoms with Gasteiger partial charge in [-0.3, -0.25) is 24.2 Å². The number of fused-ring (bicyclic) bond motifs is 2. The van der Waals surface area contributed by atoms with Crippen LogP contribution in [0.3, 0.4) is 0 Å². The molecule has 1 unspecified atom stereocenters. The highest BCUT2D eigenvalue weighted by Crippen LogP contribution is 2.55. The van der Waals surface area contributed by atoms with Crippen molar-refractivity contribution in [1.82, 2.24) is 0 Å². The quantitative estimate of drug-likeness (QED) is 0.664. The lowest BCUT2D eigenvalue weighted by Gasteiger charge is -2.33. The minimum atomic E-state index is -1.21. The summed E-state index contributed by atoms with van der Waals surface area (Å²) in [4.78, 5) is 41.6. The molecule has 32 heavy (non-hydrogen) atoms. The average Bonchev–Trinajstić information content (AvgIpc) is 3.25. The molecule has 2 aliphatic rings. The molecule has 3 aromatic carbocycles. The zero-order valence-electron chi connectivity index (χ0n) is 17.4. The van der Waals surface area contributed by atoms with Gasteiger partial charge >= 0.3 is 0 Å². The molecule has 3 aromatic rings. The molecular formula is C25H21N3O3S. The molecule has 6 nitrogen and oxygen atoms in total. The fourth-order valence-electron chi connectivity index (χ4n) is 4.35. The van der Waals surface area contributed by atoms with Crippen molar-refractivity contribution in [1.29, 1.82) is 0 Å². The standard InChI is InChI=1S/C25H21N3O3S/c1-17-8-7-11-19(14-17)28-23(30)16-32-25(28)20-12-5-6-13-21(20)27(24(25)31)15-22(29)26-18-9-3-2-4-10-18/h2-14H,15-16H2,1H3,(H,26,29). The highest BCUT2D eigenvalue weighted by atomic mass is 32.2. The van der Waals surface area contributed by atoms with Gasteiger partial charge < -0.3 is 5.32 Å². The fraction of sp³-hybridized carbons (Fsp3) is 0.160. The Morgan fingerprint density at radius 3 is 2.53 bits per heavy atom. The van der Waals surface area contributed by atoms with Crippen LogP contribution in [0.2, 0.25) is 0 Å². The lowest BCUT2D eigenvalue weighted by Crippen LogP contribution is -2.50. The van der Waals surface area contributed by atoms with Crippen molar-refractivity contribution in [3.8, 4) is 0 Å². The molecule has 0 saturated carbocycles. The van der Waals surface area contributed by atoms with Gasteiger partial charge in [0.1, 0.15) is 6.54 Å². The van der Waals surface area contributed by atoms with E-state index in [0.717, 1.165) is 11.1 Å². The predicted octanol–water partition coefficient (Wildman–Crippen LogP) is 3.91. The first kappa shape index (κ1) is 20.3. The van der Waals surface area contributed by atoms with Gasteiger partial charge in [0, 0.05) is 16.9 Å². The second kappa shape index (κ2) is 7.84. The summed E-state index contributed by atoms with van der Waals surface area (Å²) in [5.41, 5.74) is 3.73. The third-order valence-corrected chi connectivity index (χ3v) is 7.07. The van der Waals surface area contributed by atoms with Crippen LogP contribution in [0, 0.1) is 6.92 Å². The third kappa shape index (κ3) is 3.17. The molecule has 1 N–H and O–H groups in total. The van der Waals surface area contributed by atoms with E-state index in [9.17, 15) is 14.4 Å². The van der Waals surface area contributed by atoms with Gasteiger partial charge in [0.05, 0.1) is 11.4 Å². The molecule has 0 bridgehead atoms. The van der Waals surface area contributed by atoms with Crippen LogP contribution in [0.25, 0.3) is 0 Å². The zero-order valence-corrected chi connectivity index (χ0v) is 18.3. The molecule has 160 valence electrons. The normalized spacial score (nSPS) is 19.5. The Hall–Kier alpha value is -3.58. The molecule has 1 atom stereocenters. The van der Waals surface area contributed by atoms with Gasteiger partial charge in [-0.2, -0.15) is 0 Å². The molecule has 0 aliphatic carbocycles. The Bertz CT molecular complexity index is 1230. The van der Waals surface area contributed by atoms with Gasteiger partial charge in [0.15, 0.2) is 0 Å². The number of nitrogens with zero attached hydrogens (tertiary/aromatic N) is 2. The number of nitrogens with one attached hydrogen (secondary N) is 1. The van der Waals surface area contributed by atoms with Crippen LogP contribution in [-0.4, -0.2) is 30.0 Å². The maximum atomic E-state index is 13.9. The number of hydrogen-bond donors (Lipinski definition) is 1. The number of aryl methyl sites for hydroxylation is 1. The van der Waals surface area contributed by atoms with Crippen LogP contribution in [0.5, 0.6) is 0 Å². The largest absolute Gasteiger partial charge is 0.325 e. The average molecular weight is 444 g/mol. The van der Waals surface area contributed by atoms with Gasteiger partial charge in [-0.25, -0.2) is 0 Å². The van der Waals surface area contributed by atoms with Crippen molar-refractivity contribution in [2.75, 3.05) is 27.4 Å². The Labute approximate surface area is 190 Å². The van der Waals surface area contributed by atoms with Crippen molar-refractivity contribution >= 4 is 46.5 Å². The highest BCUT2D eigenvalue weighted by Gasteiger charge is 2.61. The van der Waals surface area contributed by atoms with E-state index in [4.69, 9.17) is 0 Å². The van der Waals surface area contributed by atoms with Crippen molar-refractivity contribution in [3.63, 3.8) is 0 Å². The number of hydrogen-bond acceptors (Lipinski definition) is 4. The van der Waals surface area contributed by atoms with Gasteiger partial charge in [0.2, 0.25) is 16.7 Å². The van der Waals surface area contributed by atoms with Crippen molar-refractivity contribution in [3.05, 3.63) is 90.0 Å². The summed E-state index contributed by atoms with van der Waals surface area (Å²) in [5.74, 6) is -0.510. The maximum Gasteiger partial charge on any atom is 0.269 e. The second-order valence-corrected chi connectivity index (χ2v) is 8.99. The molecule has 0 aromatic heterocycles. The van der Waals surface area contributed by atoms with Crippen LogP contribution < -0.4 is 15.1 Å². The first-order valence-corrected chi connectivity index (χ1v) is 11.3. The van der Waals surface area contributed by atoms with E-state index in [1.807, 2.05) is 73.7 Å². The zero-order chi connectivity index (χ0) is 22.3. The summed E-state index contributed by atoms with van der Waals surface area (Å²) < 4.78 is 0. The summed E-state index contributed by atoms with van der Waals surface area (Å²) in [6.07, 6.45) is 0. The van der Waals surface area contributed by atoms with E-state index in [1.165, 1.54) is 16.7 Å². The molecule has 5 rings (SSSR count).